The van der Waals surface area contributed by atoms with E-state index in [0.29, 0.717) is 12.0 Å². The highest BCUT2D eigenvalue weighted by atomic mass is 15.0. The maximum Gasteiger partial charge on any atom is 0.0410 e. The molecule has 1 aromatic rings. The summed E-state index contributed by atoms with van der Waals surface area (Å²) in [6.45, 7) is 6.76. The first kappa shape index (κ1) is 8.61. The fourth-order valence-corrected chi connectivity index (χ4v) is 2.09. The Morgan fingerprint density at radius 2 is 2.08 bits per heavy atom. The SMILES string of the molecule is CCc1cccc2c1N[C@H](C)[C@@H]2C. The standard InChI is InChI=1S/C12H17N/c1-4-10-6-5-7-11-8(2)9(3)13-12(10)11/h5-9,13H,4H2,1-3H3/t8-,9+/m0/s1. The third kappa shape index (κ3) is 1.23. The molecule has 0 saturated heterocycles. The van der Waals surface area contributed by atoms with Crippen molar-refractivity contribution in [1.82, 2.24) is 0 Å². The number of fused-ring (bicyclic) bond motifs is 1. The normalized spacial score (nSPS) is 25.5. The van der Waals surface area contributed by atoms with Gasteiger partial charge in [-0.15, -0.1) is 0 Å². The third-order valence-electron chi connectivity index (χ3n) is 3.18. The van der Waals surface area contributed by atoms with E-state index in [-0.39, 0.29) is 0 Å². The van der Waals surface area contributed by atoms with Gasteiger partial charge in [0, 0.05) is 17.6 Å². The summed E-state index contributed by atoms with van der Waals surface area (Å²) in [6.07, 6.45) is 1.12. The van der Waals surface area contributed by atoms with Crippen molar-refractivity contribution in [3.8, 4) is 0 Å². The number of anilines is 1. The summed E-state index contributed by atoms with van der Waals surface area (Å²) >= 11 is 0. The number of benzene rings is 1. The zero-order chi connectivity index (χ0) is 9.42. The van der Waals surface area contributed by atoms with Gasteiger partial charge >= 0.3 is 0 Å². The van der Waals surface area contributed by atoms with E-state index in [2.05, 4.69) is 44.3 Å². The van der Waals surface area contributed by atoms with Gasteiger partial charge in [0.1, 0.15) is 0 Å². The van der Waals surface area contributed by atoms with Crippen LogP contribution in [0.3, 0.4) is 0 Å². The van der Waals surface area contributed by atoms with Gasteiger partial charge in [0.05, 0.1) is 0 Å². The van der Waals surface area contributed by atoms with E-state index in [0.717, 1.165) is 6.42 Å². The molecule has 0 amide bonds. The van der Waals surface area contributed by atoms with Crippen LogP contribution in [0.1, 0.15) is 37.8 Å². The molecule has 1 aliphatic heterocycles. The summed E-state index contributed by atoms with van der Waals surface area (Å²) in [6, 6.07) is 7.22. The molecule has 0 fully saturated rings. The first-order valence-corrected chi connectivity index (χ1v) is 5.12. The lowest BCUT2D eigenvalue weighted by molar-refractivity contribution is 0.690. The van der Waals surface area contributed by atoms with Crippen LogP contribution in [0.2, 0.25) is 0 Å². The molecule has 0 aromatic heterocycles. The van der Waals surface area contributed by atoms with Crippen LogP contribution in [0.5, 0.6) is 0 Å². The zero-order valence-corrected chi connectivity index (χ0v) is 8.59. The Morgan fingerprint density at radius 1 is 1.31 bits per heavy atom. The van der Waals surface area contributed by atoms with E-state index in [9.17, 15) is 0 Å². The summed E-state index contributed by atoms with van der Waals surface area (Å²) < 4.78 is 0. The largest absolute Gasteiger partial charge is 0.382 e. The van der Waals surface area contributed by atoms with Gasteiger partial charge in [-0.2, -0.15) is 0 Å². The van der Waals surface area contributed by atoms with Crippen molar-refractivity contribution in [2.75, 3.05) is 5.32 Å². The molecule has 1 heterocycles. The highest BCUT2D eigenvalue weighted by Crippen LogP contribution is 2.37. The van der Waals surface area contributed by atoms with Crippen molar-refractivity contribution in [3.05, 3.63) is 29.3 Å². The van der Waals surface area contributed by atoms with Crippen molar-refractivity contribution < 1.29 is 0 Å². The Balaban J connectivity index is 2.49. The quantitative estimate of drug-likeness (QED) is 0.691. The van der Waals surface area contributed by atoms with Gasteiger partial charge in [0.25, 0.3) is 0 Å². The van der Waals surface area contributed by atoms with Crippen LogP contribution in [0.25, 0.3) is 0 Å². The summed E-state index contributed by atoms with van der Waals surface area (Å²) in [5, 5.41) is 3.57. The summed E-state index contributed by atoms with van der Waals surface area (Å²) in [5.41, 5.74) is 4.34. The molecule has 70 valence electrons. The molecule has 0 aliphatic carbocycles. The number of para-hydroxylation sites is 1. The first-order valence-electron chi connectivity index (χ1n) is 5.12. The zero-order valence-electron chi connectivity index (χ0n) is 8.59. The van der Waals surface area contributed by atoms with E-state index < -0.39 is 0 Å². The van der Waals surface area contributed by atoms with Gasteiger partial charge < -0.3 is 5.32 Å². The predicted molar refractivity (Wildman–Crippen MR) is 57.3 cm³/mol. The Bertz CT molecular complexity index is 317. The molecular weight excluding hydrogens is 158 g/mol. The Hall–Kier alpha value is -0.980. The van der Waals surface area contributed by atoms with Crippen molar-refractivity contribution in [2.45, 2.75) is 39.2 Å². The van der Waals surface area contributed by atoms with Crippen LogP contribution in [-0.4, -0.2) is 6.04 Å². The molecule has 0 radical (unpaired) electrons. The van der Waals surface area contributed by atoms with Crippen molar-refractivity contribution in [3.63, 3.8) is 0 Å². The second-order valence-electron chi connectivity index (χ2n) is 3.96. The van der Waals surface area contributed by atoms with Gasteiger partial charge in [-0.3, -0.25) is 0 Å². The van der Waals surface area contributed by atoms with Gasteiger partial charge in [0.2, 0.25) is 0 Å². The lowest BCUT2D eigenvalue weighted by Crippen LogP contribution is -2.13. The molecular formula is C12H17N. The Morgan fingerprint density at radius 3 is 2.77 bits per heavy atom. The Kier molecular flexibility index (Phi) is 2.03. The predicted octanol–water partition coefficient (Wildman–Crippen LogP) is 3.17. The molecule has 1 N–H and O–H groups in total. The molecule has 1 nitrogen and oxygen atoms in total. The van der Waals surface area contributed by atoms with Crippen LogP contribution >= 0.6 is 0 Å². The molecule has 0 bridgehead atoms. The lowest BCUT2D eigenvalue weighted by atomic mass is 9.96. The molecule has 2 atom stereocenters. The minimum Gasteiger partial charge on any atom is -0.382 e. The molecule has 1 heteroatoms. The molecule has 13 heavy (non-hydrogen) atoms. The van der Waals surface area contributed by atoms with E-state index in [4.69, 9.17) is 0 Å². The molecule has 0 unspecified atom stereocenters. The van der Waals surface area contributed by atoms with Gasteiger partial charge in [0.15, 0.2) is 0 Å². The average molecular weight is 175 g/mol. The average Bonchev–Trinajstić information content (AvgIpc) is 2.43. The smallest absolute Gasteiger partial charge is 0.0410 e. The molecule has 1 aromatic carbocycles. The van der Waals surface area contributed by atoms with Crippen LogP contribution in [0, 0.1) is 0 Å². The van der Waals surface area contributed by atoms with Crippen molar-refractivity contribution in [1.29, 1.82) is 0 Å². The third-order valence-corrected chi connectivity index (χ3v) is 3.18. The number of nitrogens with one attached hydrogen (secondary N) is 1. The number of hydrogen-bond donors (Lipinski definition) is 1. The maximum absolute atomic E-state index is 3.57. The molecule has 1 aliphatic rings. The number of hydrogen-bond acceptors (Lipinski definition) is 1. The summed E-state index contributed by atoms with van der Waals surface area (Å²) in [7, 11) is 0. The molecule has 0 spiro atoms. The van der Waals surface area contributed by atoms with Crippen LogP contribution in [0.4, 0.5) is 5.69 Å². The van der Waals surface area contributed by atoms with Crippen molar-refractivity contribution >= 4 is 5.69 Å². The van der Waals surface area contributed by atoms with E-state index in [1.165, 1.54) is 16.8 Å². The first-order chi connectivity index (χ1) is 6.24. The maximum atomic E-state index is 3.57. The minimum absolute atomic E-state index is 0.586. The summed E-state index contributed by atoms with van der Waals surface area (Å²) in [5.74, 6) is 0.654. The van der Waals surface area contributed by atoms with E-state index >= 15 is 0 Å². The fourth-order valence-electron chi connectivity index (χ4n) is 2.09. The Labute approximate surface area is 80.2 Å². The molecule has 2 rings (SSSR count). The van der Waals surface area contributed by atoms with Crippen LogP contribution in [0.15, 0.2) is 18.2 Å². The monoisotopic (exact) mass is 175 g/mol. The van der Waals surface area contributed by atoms with Gasteiger partial charge in [-0.25, -0.2) is 0 Å². The fraction of sp³-hybridized carbons (Fsp3) is 0.500. The van der Waals surface area contributed by atoms with Crippen molar-refractivity contribution in [2.24, 2.45) is 0 Å². The number of rotatable bonds is 1. The van der Waals surface area contributed by atoms with E-state index in [1.54, 1.807) is 0 Å². The summed E-state index contributed by atoms with van der Waals surface area (Å²) in [4.78, 5) is 0. The second-order valence-corrected chi connectivity index (χ2v) is 3.96. The van der Waals surface area contributed by atoms with Gasteiger partial charge in [-0.1, -0.05) is 32.0 Å². The van der Waals surface area contributed by atoms with Crippen LogP contribution in [-0.2, 0) is 6.42 Å². The highest BCUT2D eigenvalue weighted by molar-refractivity contribution is 5.64. The highest BCUT2D eigenvalue weighted by Gasteiger charge is 2.25. The van der Waals surface area contributed by atoms with Gasteiger partial charge in [-0.05, 0) is 24.5 Å². The second kappa shape index (κ2) is 3.06. The van der Waals surface area contributed by atoms with E-state index in [1.807, 2.05) is 0 Å². The molecule has 0 saturated carbocycles. The number of aryl methyl sites for hydroxylation is 1. The van der Waals surface area contributed by atoms with Crippen LogP contribution < -0.4 is 5.32 Å². The minimum atomic E-state index is 0.586. The topological polar surface area (TPSA) is 12.0 Å². The lowest BCUT2D eigenvalue weighted by Gasteiger charge is -2.08.